The summed E-state index contributed by atoms with van der Waals surface area (Å²) < 4.78 is 38.2. The van der Waals surface area contributed by atoms with Gasteiger partial charge in [0.05, 0.1) is 5.56 Å². The Bertz CT molecular complexity index is 518. The Kier molecular flexibility index (Phi) is 4.96. The molecule has 21 heavy (non-hydrogen) atoms. The van der Waals surface area contributed by atoms with Gasteiger partial charge in [-0.3, -0.25) is 4.79 Å². The summed E-state index contributed by atoms with van der Waals surface area (Å²) in [7, 11) is 1.66. The predicted octanol–water partition coefficient (Wildman–Crippen LogP) is 4.48. The van der Waals surface area contributed by atoms with Crippen molar-refractivity contribution in [3.63, 3.8) is 0 Å². The zero-order valence-electron chi connectivity index (χ0n) is 11.7. The van der Waals surface area contributed by atoms with Crippen LogP contribution in [-0.2, 0) is 6.18 Å². The highest BCUT2D eigenvalue weighted by Crippen LogP contribution is 2.31. The van der Waals surface area contributed by atoms with Gasteiger partial charge in [0.1, 0.15) is 0 Å². The molecule has 1 aromatic rings. The van der Waals surface area contributed by atoms with Crippen molar-refractivity contribution in [2.45, 2.75) is 42.7 Å². The summed E-state index contributed by atoms with van der Waals surface area (Å²) in [6.07, 6.45) is -0.440. The number of halogens is 4. The van der Waals surface area contributed by atoms with Crippen molar-refractivity contribution in [2.24, 2.45) is 0 Å². The van der Waals surface area contributed by atoms with Crippen LogP contribution in [0.2, 0.25) is 0 Å². The maximum absolute atomic E-state index is 12.7. The van der Waals surface area contributed by atoms with Crippen LogP contribution in [0.4, 0.5) is 13.2 Å². The second-order valence-corrected chi connectivity index (χ2v) is 6.54. The topological polar surface area (TPSA) is 20.3 Å². The fourth-order valence-electron chi connectivity index (χ4n) is 2.69. The summed E-state index contributed by atoms with van der Waals surface area (Å²) in [5.41, 5.74) is -0.710. The fourth-order valence-corrected chi connectivity index (χ4v) is 3.63. The van der Waals surface area contributed by atoms with Crippen molar-refractivity contribution in [1.29, 1.82) is 0 Å². The molecule has 1 amide bonds. The van der Waals surface area contributed by atoms with E-state index in [1.54, 1.807) is 11.9 Å². The van der Waals surface area contributed by atoms with E-state index in [0.29, 0.717) is 0 Å². The van der Waals surface area contributed by atoms with Crippen LogP contribution in [0.1, 0.15) is 41.6 Å². The lowest BCUT2D eigenvalue weighted by molar-refractivity contribution is -0.137. The minimum atomic E-state index is -4.43. The van der Waals surface area contributed by atoms with Gasteiger partial charge in [-0.25, -0.2) is 0 Å². The third-order valence-corrected chi connectivity index (χ3v) is 4.97. The molecule has 2 unspecified atom stereocenters. The van der Waals surface area contributed by atoms with E-state index in [1.165, 1.54) is 12.1 Å². The largest absolute Gasteiger partial charge is 0.416 e. The van der Waals surface area contributed by atoms with Crippen molar-refractivity contribution >= 4 is 21.8 Å². The molecule has 0 N–H and O–H groups in total. The Morgan fingerprint density at radius 2 is 1.95 bits per heavy atom. The third-order valence-electron chi connectivity index (χ3n) is 3.90. The molecule has 6 heteroatoms. The minimum absolute atomic E-state index is 0.0285. The third kappa shape index (κ3) is 3.78. The molecule has 1 aromatic carbocycles. The number of nitrogens with zero attached hydrogens (tertiary/aromatic N) is 1. The minimum Gasteiger partial charge on any atom is -0.338 e. The summed E-state index contributed by atoms with van der Waals surface area (Å²) in [5.74, 6) is -0.363. The smallest absolute Gasteiger partial charge is 0.338 e. The second kappa shape index (κ2) is 6.38. The fraction of sp³-hybridized carbons (Fsp3) is 0.533. The Labute approximate surface area is 130 Å². The molecule has 0 bridgehead atoms. The van der Waals surface area contributed by atoms with Gasteiger partial charge in [0, 0.05) is 23.5 Å². The lowest BCUT2D eigenvalue weighted by atomic mass is 9.94. The highest BCUT2D eigenvalue weighted by molar-refractivity contribution is 9.09. The Morgan fingerprint density at radius 1 is 1.29 bits per heavy atom. The molecule has 2 rings (SSSR count). The van der Waals surface area contributed by atoms with Gasteiger partial charge in [-0.05, 0) is 31.0 Å². The van der Waals surface area contributed by atoms with Crippen molar-refractivity contribution in [1.82, 2.24) is 4.90 Å². The predicted molar refractivity (Wildman–Crippen MR) is 78.5 cm³/mol. The normalized spacial score (nSPS) is 22.9. The number of amides is 1. The molecular weight excluding hydrogens is 347 g/mol. The average Bonchev–Trinajstić information content (AvgIpc) is 2.45. The molecule has 0 aromatic heterocycles. The molecule has 1 aliphatic carbocycles. The highest BCUT2D eigenvalue weighted by Gasteiger charge is 2.33. The Hall–Kier alpha value is -1.04. The molecule has 116 valence electrons. The number of hydrogen-bond acceptors (Lipinski definition) is 1. The van der Waals surface area contributed by atoms with Gasteiger partial charge in [0.15, 0.2) is 0 Å². The van der Waals surface area contributed by atoms with Crippen molar-refractivity contribution in [3.8, 4) is 0 Å². The molecule has 1 fully saturated rings. The molecule has 0 saturated heterocycles. The van der Waals surface area contributed by atoms with E-state index in [2.05, 4.69) is 15.9 Å². The highest BCUT2D eigenvalue weighted by atomic mass is 79.9. The van der Waals surface area contributed by atoms with E-state index in [0.717, 1.165) is 37.8 Å². The molecule has 1 saturated carbocycles. The quantitative estimate of drug-likeness (QED) is 0.709. The number of hydrogen-bond donors (Lipinski definition) is 0. The molecular formula is C15H17BrF3NO. The van der Waals surface area contributed by atoms with E-state index >= 15 is 0 Å². The van der Waals surface area contributed by atoms with Crippen LogP contribution in [0.3, 0.4) is 0 Å². The van der Waals surface area contributed by atoms with E-state index in [-0.39, 0.29) is 22.3 Å². The zero-order valence-corrected chi connectivity index (χ0v) is 13.2. The molecule has 0 heterocycles. The van der Waals surface area contributed by atoms with Gasteiger partial charge in [-0.2, -0.15) is 13.2 Å². The lowest BCUT2D eigenvalue weighted by Crippen LogP contribution is -2.44. The molecule has 1 aliphatic rings. The van der Waals surface area contributed by atoms with Gasteiger partial charge in [-0.15, -0.1) is 0 Å². The van der Waals surface area contributed by atoms with Crippen LogP contribution < -0.4 is 0 Å². The van der Waals surface area contributed by atoms with Gasteiger partial charge >= 0.3 is 6.18 Å². The van der Waals surface area contributed by atoms with Crippen molar-refractivity contribution < 1.29 is 18.0 Å². The van der Waals surface area contributed by atoms with Crippen molar-refractivity contribution in [2.75, 3.05) is 7.05 Å². The molecule has 2 nitrogen and oxygen atoms in total. The summed E-state index contributed by atoms with van der Waals surface area (Å²) in [4.78, 5) is 14.2. The summed E-state index contributed by atoms with van der Waals surface area (Å²) in [5, 5.41) is 0. The van der Waals surface area contributed by atoms with Gasteiger partial charge in [-0.1, -0.05) is 34.8 Å². The number of alkyl halides is 4. The molecule has 0 radical (unpaired) electrons. The van der Waals surface area contributed by atoms with E-state index in [9.17, 15) is 18.0 Å². The monoisotopic (exact) mass is 363 g/mol. The van der Waals surface area contributed by atoms with Gasteiger partial charge in [0.2, 0.25) is 0 Å². The maximum atomic E-state index is 12.7. The van der Waals surface area contributed by atoms with Crippen molar-refractivity contribution in [3.05, 3.63) is 35.4 Å². The first-order valence-electron chi connectivity index (χ1n) is 6.89. The summed E-state index contributed by atoms with van der Waals surface area (Å²) in [6.45, 7) is 0. The summed E-state index contributed by atoms with van der Waals surface area (Å²) in [6, 6.07) is 4.63. The first-order chi connectivity index (χ1) is 9.80. The first-order valence-corrected chi connectivity index (χ1v) is 7.81. The lowest BCUT2D eigenvalue weighted by Gasteiger charge is -2.35. The standard InChI is InChI=1S/C15H17BrF3NO/c1-20(13-8-3-2-7-12(13)16)14(21)10-5-4-6-11(9-10)15(17,18)19/h4-6,9,12-13H,2-3,7-8H2,1H3. The van der Waals surface area contributed by atoms with E-state index < -0.39 is 11.7 Å². The maximum Gasteiger partial charge on any atom is 0.416 e. The van der Waals surface area contributed by atoms with Crippen LogP contribution in [0, 0.1) is 0 Å². The van der Waals surface area contributed by atoms with Crippen LogP contribution >= 0.6 is 15.9 Å². The molecule has 0 spiro atoms. The van der Waals surface area contributed by atoms with Gasteiger partial charge in [0.25, 0.3) is 5.91 Å². The number of benzene rings is 1. The van der Waals surface area contributed by atoms with E-state index in [4.69, 9.17) is 0 Å². The molecule has 2 atom stereocenters. The zero-order chi connectivity index (χ0) is 15.6. The second-order valence-electron chi connectivity index (χ2n) is 5.36. The number of rotatable bonds is 2. The Balaban J connectivity index is 2.19. The van der Waals surface area contributed by atoms with Crippen LogP contribution in [0.15, 0.2) is 24.3 Å². The Morgan fingerprint density at radius 3 is 2.57 bits per heavy atom. The van der Waals surface area contributed by atoms with Crippen LogP contribution in [0.25, 0.3) is 0 Å². The average molecular weight is 364 g/mol. The van der Waals surface area contributed by atoms with Gasteiger partial charge < -0.3 is 4.90 Å². The number of carbonyl (C=O) groups is 1. The van der Waals surface area contributed by atoms with E-state index in [1.807, 2.05) is 0 Å². The SMILES string of the molecule is CN(C(=O)c1cccc(C(F)(F)F)c1)C1CCCCC1Br. The molecule has 0 aliphatic heterocycles. The summed E-state index contributed by atoms with van der Waals surface area (Å²) >= 11 is 3.57. The number of carbonyl (C=O) groups excluding carboxylic acids is 1. The van der Waals surface area contributed by atoms with Crippen LogP contribution in [0.5, 0.6) is 0 Å². The van der Waals surface area contributed by atoms with Crippen LogP contribution in [-0.4, -0.2) is 28.7 Å². The first kappa shape index (κ1) is 16.3.